The fraction of sp³-hybridized carbons (Fsp3) is 0.269. The van der Waals surface area contributed by atoms with Crippen LogP contribution in [-0.2, 0) is 16.7 Å². The molecule has 0 spiro atoms. The lowest BCUT2D eigenvalue weighted by Crippen LogP contribution is -2.27. The van der Waals surface area contributed by atoms with Crippen molar-refractivity contribution in [2.24, 2.45) is 0 Å². The molecule has 0 aliphatic carbocycles. The monoisotopic (exact) mass is 514 g/mol. The van der Waals surface area contributed by atoms with Crippen LogP contribution in [0.15, 0.2) is 76.2 Å². The van der Waals surface area contributed by atoms with Crippen LogP contribution in [0, 0.1) is 6.92 Å². The molecule has 184 valence electrons. The average Bonchev–Trinajstić information content (AvgIpc) is 3.36. The van der Waals surface area contributed by atoms with E-state index in [2.05, 4.69) is 11.4 Å². The van der Waals surface area contributed by atoms with Crippen molar-refractivity contribution in [3.63, 3.8) is 0 Å². The normalized spacial score (nSPS) is 14.4. The summed E-state index contributed by atoms with van der Waals surface area (Å²) in [5.74, 6) is 1.17. The van der Waals surface area contributed by atoms with E-state index in [0.717, 1.165) is 53.7 Å². The zero-order chi connectivity index (χ0) is 24.8. The number of aromatic nitrogens is 1. The molecule has 2 aromatic heterocycles. The van der Waals surface area contributed by atoms with E-state index in [4.69, 9.17) is 30.3 Å². The van der Waals surface area contributed by atoms with E-state index in [0.29, 0.717) is 23.4 Å². The van der Waals surface area contributed by atoms with Gasteiger partial charge in [0.25, 0.3) is 10.1 Å². The second-order valence-corrected chi connectivity index (χ2v) is 10.2. The average molecular weight is 515 g/mol. The number of furan rings is 1. The molecule has 1 aliphatic heterocycles. The van der Waals surface area contributed by atoms with Crippen LogP contribution in [0.25, 0.3) is 11.0 Å². The standard InChI is InChI=1S/C19H19ClN2O2.C7H8O3S/c20-16-5-4-14(19-15(16)8-11-23-19)12-24-18-3-1-2-17(22-18)13-6-9-21-10-7-13;1-6-2-4-7(5-3-6)11(8,9)10/h1-5,8,11,13,21H,6-7,9-10,12H2;2-5H,1H3,(H,8,9,10). The van der Waals surface area contributed by atoms with Crippen molar-refractivity contribution in [3.05, 3.63) is 88.8 Å². The van der Waals surface area contributed by atoms with Gasteiger partial charge in [-0.3, -0.25) is 4.55 Å². The Labute approximate surface area is 209 Å². The van der Waals surface area contributed by atoms with Crippen molar-refractivity contribution in [2.75, 3.05) is 13.1 Å². The summed E-state index contributed by atoms with van der Waals surface area (Å²) in [4.78, 5) is 4.62. The van der Waals surface area contributed by atoms with Crippen LogP contribution in [0.1, 0.15) is 35.6 Å². The van der Waals surface area contributed by atoms with Gasteiger partial charge in [0.2, 0.25) is 5.88 Å². The number of ether oxygens (including phenoxy) is 1. The van der Waals surface area contributed by atoms with Gasteiger partial charge in [0.15, 0.2) is 0 Å². The van der Waals surface area contributed by atoms with Crippen LogP contribution in [0.4, 0.5) is 0 Å². The summed E-state index contributed by atoms with van der Waals surface area (Å²) in [6.07, 6.45) is 3.90. The molecule has 9 heteroatoms. The van der Waals surface area contributed by atoms with Gasteiger partial charge in [-0.1, -0.05) is 41.4 Å². The van der Waals surface area contributed by atoms with Crippen molar-refractivity contribution in [3.8, 4) is 5.88 Å². The molecule has 4 aromatic rings. The molecule has 2 N–H and O–H groups in total. The van der Waals surface area contributed by atoms with E-state index in [1.807, 2.05) is 37.3 Å². The van der Waals surface area contributed by atoms with E-state index in [1.54, 1.807) is 18.4 Å². The number of halogens is 1. The fourth-order valence-electron chi connectivity index (χ4n) is 3.92. The van der Waals surface area contributed by atoms with Crippen molar-refractivity contribution < 1.29 is 22.1 Å². The van der Waals surface area contributed by atoms with Crippen molar-refractivity contribution in [1.82, 2.24) is 10.3 Å². The molecule has 2 aromatic carbocycles. The van der Waals surface area contributed by atoms with Crippen LogP contribution in [-0.4, -0.2) is 31.0 Å². The Kier molecular flexibility index (Phi) is 8.07. The molecule has 1 fully saturated rings. The lowest BCUT2D eigenvalue weighted by Gasteiger charge is -2.22. The smallest absolute Gasteiger partial charge is 0.294 e. The molecule has 35 heavy (non-hydrogen) atoms. The zero-order valence-corrected chi connectivity index (χ0v) is 20.8. The number of hydrogen-bond donors (Lipinski definition) is 2. The molecular weight excluding hydrogens is 488 g/mol. The number of nitrogens with one attached hydrogen (secondary N) is 1. The number of fused-ring (bicyclic) bond motifs is 1. The van der Waals surface area contributed by atoms with Gasteiger partial charge < -0.3 is 14.5 Å². The number of rotatable bonds is 5. The first-order chi connectivity index (χ1) is 16.8. The first-order valence-corrected chi connectivity index (χ1v) is 13.1. The van der Waals surface area contributed by atoms with Gasteiger partial charge in [0, 0.05) is 28.6 Å². The molecule has 0 unspecified atom stereocenters. The van der Waals surface area contributed by atoms with Crippen LogP contribution in [0.2, 0.25) is 5.02 Å². The summed E-state index contributed by atoms with van der Waals surface area (Å²) in [5.41, 5.74) is 3.82. The van der Waals surface area contributed by atoms with Crippen molar-refractivity contribution in [1.29, 1.82) is 0 Å². The second kappa shape index (κ2) is 11.2. The lowest BCUT2D eigenvalue weighted by molar-refractivity contribution is 0.291. The minimum atomic E-state index is -4.02. The molecule has 7 nitrogen and oxygen atoms in total. The Morgan fingerprint density at radius 2 is 1.83 bits per heavy atom. The first-order valence-electron chi connectivity index (χ1n) is 11.3. The van der Waals surface area contributed by atoms with Gasteiger partial charge in [-0.15, -0.1) is 0 Å². The van der Waals surface area contributed by atoms with Gasteiger partial charge in [-0.05, 0) is 63.2 Å². The van der Waals surface area contributed by atoms with Gasteiger partial charge in [0.05, 0.1) is 16.2 Å². The summed E-state index contributed by atoms with van der Waals surface area (Å²) in [7, 11) is -4.02. The predicted molar refractivity (Wildman–Crippen MR) is 136 cm³/mol. The summed E-state index contributed by atoms with van der Waals surface area (Å²) in [6.45, 7) is 4.36. The third kappa shape index (κ3) is 6.61. The third-order valence-corrected chi connectivity index (χ3v) is 7.04. The van der Waals surface area contributed by atoms with Crippen LogP contribution < -0.4 is 10.1 Å². The summed E-state index contributed by atoms with van der Waals surface area (Å²) in [6, 6.07) is 17.7. The molecule has 5 rings (SSSR count). The Morgan fingerprint density at radius 1 is 1.09 bits per heavy atom. The van der Waals surface area contributed by atoms with Gasteiger partial charge in [0.1, 0.15) is 12.2 Å². The Bertz CT molecular complexity index is 1380. The highest BCUT2D eigenvalue weighted by atomic mass is 35.5. The van der Waals surface area contributed by atoms with Crippen LogP contribution in [0.5, 0.6) is 5.88 Å². The highest BCUT2D eigenvalue weighted by molar-refractivity contribution is 7.85. The quantitative estimate of drug-likeness (QED) is 0.326. The topological polar surface area (TPSA) is 102 Å². The molecule has 0 radical (unpaired) electrons. The van der Waals surface area contributed by atoms with E-state index >= 15 is 0 Å². The maximum Gasteiger partial charge on any atom is 0.294 e. The van der Waals surface area contributed by atoms with Crippen LogP contribution in [0.3, 0.4) is 0 Å². The largest absolute Gasteiger partial charge is 0.473 e. The SMILES string of the molecule is Cc1ccc(S(=O)(=O)O)cc1.Clc1ccc(COc2cccc(C3CCNCC3)n2)c2occc12. The lowest BCUT2D eigenvalue weighted by atomic mass is 9.94. The summed E-state index contributed by atoms with van der Waals surface area (Å²) >= 11 is 6.18. The highest BCUT2D eigenvalue weighted by Crippen LogP contribution is 2.29. The van der Waals surface area contributed by atoms with Gasteiger partial charge in [-0.25, -0.2) is 4.98 Å². The van der Waals surface area contributed by atoms with Gasteiger partial charge >= 0.3 is 0 Å². The van der Waals surface area contributed by atoms with E-state index in [1.165, 1.54) is 12.1 Å². The molecule has 1 aliphatic rings. The number of nitrogens with zero attached hydrogens (tertiary/aromatic N) is 1. The maximum absolute atomic E-state index is 10.5. The molecule has 0 saturated carbocycles. The number of hydrogen-bond acceptors (Lipinski definition) is 6. The number of aryl methyl sites for hydroxylation is 1. The minimum absolute atomic E-state index is 0.0666. The third-order valence-electron chi connectivity index (χ3n) is 5.84. The molecule has 1 saturated heterocycles. The first kappa shape index (κ1) is 25.2. The maximum atomic E-state index is 10.5. The van der Waals surface area contributed by atoms with E-state index < -0.39 is 10.1 Å². The molecule has 3 heterocycles. The van der Waals surface area contributed by atoms with E-state index in [-0.39, 0.29) is 4.90 Å². The number of pyridine rings is 1. The molecule has 0 atom stereocenters. The van der Waals surface area contributed by atoms with Crippen molar-refractivity contribution in [2.45, 2.75) is 37.2 Å². The Morgan fingerprint density at radius 3 is 2.54 bits per heavy atom. The number of benzene rings is 2. The second-order valence-electron chi connectivity index (χ2n) is 8.37. The minimum Gasteiger partial charge on any atom is -0.473 e. The molecule has 0 amide bonds. The van der Waals surface area contributed by atoms with Crippen LogP contribution >= 0.6 is 11.6 Å². The molecule has 0 bridgehead atoms. The summed E-state index contributed by atoms with van der Waals surface area (Å²) < 4.78 is 41.0. The van der Waals surface area contributed by atoms with E-state index in [9.17, 15) is 8.42 Å². The summed E-state index contributed by atoms with van der Waals surface area (Å²) in [5, 5.41) is 4.98. The zero-order valence-electron chi connectivity index (χ0n) is 19.3. The highest BCUT2D eigenvalue weighted by Gasteiger charge is 2.17. The van der Waals surface area contributed by atoms with Crippen molar-refractivity contribution >= 4 is 32.7 Å². The Hall–Kier alpha value is -2.91. The Balaban J connectivity index is 0.000000221. The predicted octanol–water partition coefficient (Wildman–Crippen LogP) is 5.77. The molecular formula is C26H27ClN2O5S. The fourth-order valence-corrected chi connectivity index (χ4v) is 4.61. The van der Waals surface area contributed by atoms with Gasteiger partial charge in [-0.2, -0.15) is 8.42 Å². The number of piperidine rings is 1.